The summed E-state index contributed by atoms with van der Waals surface area (Å²) < 4.78 is 5.46. The molecule has 0 spiro atoms. The maximum Gasteiger partial charge on any atom is 0.255 e. The van der Waals surface area contributed by atoms with Crippen LogP contribution in [0.5, 0.6) is 0 Å². The molecule has 0 aliphatic carbocycles. The second-order valence-electron chi connectivity index (χ2n) is 4.15. The van der Waals surface area contributed by atoms with Crippen molar-refractivity contribution in [3.05, 3.63) is 22.4 Å². The minimum absolute atomic E-state index is 0.187. The predicted octanol–water partition coefficient (Wildman–Crippen LogP) is 1.75. The first-order chi connectivity index (χ1) is 7.36. The fourth-order valence-electron chi connectivity index (χ4n) is 2.50. The van der Waals surface area contributed by atoms with Crippen LogP contribution in [0, 0.1) is 0 Å². The molecule has 2 atom stereocenters. The van der Waals surface area contributed by atoms with Gasteiger partial charge in [-0.1, -0.05) is 0 Å². The Kier molecular flexibility index (Phi) is 2.25. The van der Waals surface area contributed by atoms with Crippen LogP contribution in [0.3, 0.4) is 0 Å². The number of fused-ring (bicyclic) bond motifs is 2. The van der Waals surface area contributed by atoms with Gasteiger partial charge in [0.25, 0.3) is 5.91 Å². The first kappa shape index (κ1) is 9.36. The number of rotatable bonds is 1. The van der Waals surface area contributed by atoms with Crippen LogP contribution in [-0.2, 0) is 4.74 Å². The molecule has 3 rings (SSSR count). The van der Waals surface area contributed by atoms with E-state index in [2.05, 4.69) is 0 Å². The van der Waals surface area contributed by atoms with Crippen molar-refractivity contribution in [1.29, 1.82) is 0 Å². The monoisotopic (exact) mass is 223 g/mol. The lowest BCUT2D eigenvalue weighted by Crippen LogP contribution is -2.49. The Morgan fingerprint density at radius 2 is 2.13 bits per heavy atom. The normalized spacial score (nSPS) is 29.5. The van der Waals surface area contributed by atoms with E-state index in [1.807, 2.05) is 21.7 Å². The van der Waals surface area contributed by atoms with Crippen LogP contribution in [0.1, 0.15) is 23.2 Å². The van der Waals surface area contributed by atoms with E-state index in [-0.39, 0.29) is 5.91 Å². The van der Waals surface area contributed by atoms with E-state index in [1.165, 1.54) is 0 Å². The summed E-state index contributed by atoms with van der Waals surface area (Å²) in [6.45, 7) is 1.43. The van der Waals surface area contributed by atoms with Crippen LogP contribution in [0.15, 0.2) is 16.8 Å². The third-order valence-corrected chi connectivity index (χ3v) is 3.93. The first-order valence-corrected chi connectivity index (χ1v) is 6.23. The molecule has 3 nitrogen and oxygen atoms in total. The van der Waals surface area contributed by atoms with Crippen molar-refractivity contribution in [1.82, 2.24) is 4.90 Å². The van der Waals surface area contributed by atoms with Crippen molar-refractivity contribution < 1.29 is 9.53 Å². The lowest BCUT2D eigenvalue weighted by atomic mass is 10.2. The Balaban J connectivity index is 1.85. The van der Waals surface area contributed by atoms with Gasteiger partial charge in [0.15, 0.2) is 0 Å². The molecule has 2 saturated heterocycles. The molecule has 1 amide bonds. The predicted molar refractivity (Wildman–Crippen MR) is 58.1 cm³/mol. The molecule has 2 bridgehead atoms. The van der Waals surface area contributed by atoms with Gasteiger partial charge in [-0.2, -0.15) is 11.3 Å². The highest BCUT2D eigenvalue weighted by molar-refractivity contribution is 7.08. The van der Waals surface area contributed by atoms with Gasteiger partial charge in [-0.25, -0.2) is 0 Å². The van der Waals surface area contributed by atoms with Crippen molar-refractivity contribution in [3.63, 3.8) is 0 Å². The van der Waals surface area contributed by atoms with E-state index in [9.17, 15) is 4.79 Å². The maximum absolute atomic E-state index is 12.2. The molecule has 2 fully saturated rings. The van der Waals surface area contributed by atoms with E-state index in [1.54, 1.807) is 11.3 Å². The third-order valence-electron chi connectivity index (χ3n) is 3.24. The Labute approximate surface area is 92.6 Å². The Morgan fingerprint density at radius 3 is 2.73 bits per heavy atom. The SMILES string of the molecule is O=C(c1ccsc1)N1[C@H]2CC[C@H]1COC2. The smallest absolute Gasteiger partial charge is 0.255 e. The van der Waals surface area contributed by atoms with Crippen LogP contribution < -0.4 is 0 Å². The lowest BCUT2D eigenvalue weighted by molar-refractivity contribution is -0.00712. The fourth-order valence-corrected chi connectivity index (χ4v) is 3.13. The number of thiophene rings is 1. The minimum Gasteiger partial charge on any atom is -0.377 e. The van der Waals surface area contributed by atoms with Crippen molar-refractivity contribution >= 4 is 17.2 Å². The Morgan fingerprint density at radius 1 is 1.40 bits per heavy atom. The van der Waals surface area contributed by atoms with Gasteiger partial charge >= 0.3 is 0 Å². The summed E-state index contributed by atoms with van der Waals surface area (Å²) in [7, 11) is 0. The molecule has 0 unspecified atom stereocenters. The molecule has 1 aromatic rings. The number of nitrogens with zero attached hydrogens (tertiary/aromatic N) is 1. The molecule has 3 heterocycles. The molecule has 80 valence electrons. The summed E-state index contributed by atoms with van der Waals surface area (Å²) >= 11 is 1.58. The van der Waals surface area contributed by atoms with Crippen LogP contribution in [-0.4, -0.2) is 36.1 Å². The van der Waals surface area contributed by atoms with Gasteiger partial charge in [-0.15, -0.1) is 0 Å². The summed E-state index contributed by atoms with van der Waals surface area (Å²) in [5.41, 5.74) is 0.832. The molecule has 0 aromatic carbocycles. The zero-order valence-electron chi connectivity index (χ0n) is 8.39. The number of hydrogen-bond donors (Lipinski definition) is 0. The summed E-state index contributed by atoms with van der Waals surface area (Å²) in [6, 6.07) is 2.54. The second kappa shape index (κ2) is 3.61. The summed E-state index contributed by atoms with van der Waals surface area (Å²) in [6.07, 6.45) is 2.20. The van der Waals surface area contributed by atoms with Crippen LogP contribution in [0.4, 0.5) is 0 Å². The number of carbonyl (C=O) groups is 1. The van der Waals surface area contributed by atoms with E-state index in [0.717, 1.165) is 18.4 Å². The van der Waals surface area contributed by atoms with E-state index in [0.29, 0.717) is 25.3 Å². The quantitative estimate of drug-likeness (QED) is 0.726. The average molecular weight is 223 g/mol. The molecule has 2 aliphatic heterocycles. The van der Waals surface area contributed by atoms with Gasteiger partial charge in [-0.05, 0) is 24.3 Å². The standard InChI is InChI=1S/C11H13NO2S/c13-11(8-3-4-15-7-8)12-9-1-2-10(12)6-14-5-9/h3-4,7,9-10H,1-2,5-6H2/t9-,10-/m0/s1. The van der Waals surface area contributed by atoms with Crippen molar-refractivity contribution in [2.75, 3.05) is 13.2 Å². The zero-order valence-corrected chi connectivity index (χ0v) is 9.20. The Hall–Kier alpha value is -0.870. The van der Waals surface area contributed by atoms with Gasteiger partial charge in [0.2, 0.25) is 0 Å². The second-order valence-corrected chi connectivity index (χ2v) is 4.93. The van der Waals surface area contributed by atoms with Crippen LogP contribution >= 0.6 is 11.3 Å². The van der Waals surface area contributed by atoms with E-state index < -0.39 is 0 Å². The van der Waals surface area contributed by atoms with Gasteiger partial charge in [0, 0.05) is 5.38 Å². The number of hydrogen-bond acceptors (Lipinski definition) is 3. The number of morpholine rings is 1. The average Bonchev–Trinajstić information content (AvgIpc) is 2.85. The molecule has 15 heavy (non-hydrogen) atoms. The molecule has 0 saturated carbocycles. The van der Waals surface area contributed by atoms with Gasteiger partial charge in [0.1, 0.15) is 0 Å². The molecule has 4 heteroatoms. The van der Waals surface area contributed by atoms with Crippen molar-refractivity contribution in [2.45, 2.75) is 24.9 Å². The molecule has 2 aliphatic rings. The summed E-state index contributed by atoms with van der Waals surface area (Å²) in [5.74, 6) is 0.187. The van der Waals surface area contributed by atoms with Crippen molar-refractivity contribution in [3.8, 4) is 0 Å². The zero-order chi connectivity index (χ0) is 10.3. The molecular formula is C11H13NO2S. The maximum atomic E-state index is 12.2. The van der Waals surface area contributed by atoms with Crippen LogP contribution in [0.2, 0.25) is 0 Å². The Bertz CT molecular complexity index is 347. The molecular weight excluding hydrogens is 210 g/mol. The summed E-state index contributed by atoms with van der Waals surface area (Å²) in [5, 5.41) is 3.88. The first-order valence-electron chi connectivity index (χ1n) is 5.29. The van der Waals surface area contributed by atoms with Gasteiger partial charge < -0.3 is 9.64 Å². The molecule has 1 aromatic heterocycles. The topological polar surface area (TPSA) is 29.5 Å². The molecule has 0 radical (unpaired) electrons. The van der Waals surface area contributed by atoms with Crippen LogP contribution in [0.25, 0.3) is 0 Å². The van der Waals surface area contributed by atoms with Crippen molar-refractivity contribution in [2.24, 2.45) is 0 Å². The van der Waals surface area contributed by atoms with E-state index in [4.69, 9.17) is 4.74 Å². The highest BCUT2D eigenvalue weighted by Crippen LogP contribution is 2.30. The van der Waals surface area contributed by atoms with E-state index >= 15 is 0 Å². The highest BCUT2D eigenvalue weighted by Gasteiger charge is 2.40. The largest absolute Gasteiger partial charge is 0.377 e. The van der Waals surface area contributed by atoms with Gasteiger partial charge in [0.05, 0.1) is 30.9 Å². The number of ether oxygens (including phenoxy) is 1. The summed E-state index contributed by atoms with van der Waals surface area (Å²) in [4.78, 5) is 14.2. The minimum atomic E-state index is 0.187. The van der Waals surface area contributed by atoms with Gasteiger partial charge in [-0.3, -0.25) is 4.79 Å². The molecule has 0 N–H and O–H groups in total. The highest BCUT2D eigenvalue weighted by atomic mass is 32.1. The fraction of sp³-hybridized carbons (Fsp3) is 0.545. The number of amides is 1. The number of carbonyl (C=O) groups excluding carboxylic acids is 1. The lowest BCUT2D eigenvalue weighted by Gasteiger charge is -2.34. The third kappa shape index (κ3) is 1.48.